The molecular formula is C16H16Ti. The summed E-state index contributed by atoms with van der Waals surface area (Å²) < 4.78 is 0. The Balaban J connectivity index is 0.000000284. The average molecular weight is 256 g/mol. The first kappa shape index (κ1) is 15.6. The first-order chi connectivity index (χ1) is 8.00. The fourth-order valence-electron chi connectivity index (χ4n) is 1.03. The van der Waals surface area contributed by atoms with Crippen molar-refractivity contribution in [3.63, 3.8) is 0 Å². The van der Waals surface area contributed by atoms with E-state index in [9.17, 15) is 0 Å². The molecule has 0 aliphatic heterocycles. The summed E-state index contributed by atoms with van der Waals surface area (Å²) in [6.07, 6.45) is 32.0. The summed E-state index contributed by atoms with van der Waals surface area (Å²) in [5.41, 5.74) is 0. The van der Waals surface area contributed by atoms with Crippen molar-refractivity contribution in [2.24, 2.45) is 0 Å². The van der Waals surface area contributed by atoms with Crippen molar-refractivity contribution in [2.45, 2.75) is 0 Å². The van der Waals surface area contributed by atoms with Crippen LogP contribution in [-0.2, 0) is 21.7 Å². The van der Waals surface area contributed by atoms with Gasteiger partial charge in [-0.25, -0.2) is 0 Å². The first-order valence-electron chi connectivity index (χ1n) is 5.33. The van der Waals surface area contributed by atoms with Crippen molar-refractivity contribution in [1.29, 1.82) is 0 Å². The Kier molecular flexibility index (Phi) is 11.7. The maximum atomic E-state index is 2.00. The summed E-state index contributed by atoms with van der Waals surface area (Å²) >= 11 is 0. The molecule has 0 saturated heterocycles. The van der Waals surface area contributed by atoms with Gasteiger partial charge in [0.1, 0.15) is 0 Å². The molecular weight excluding hydrogens is 240 g/mol. The van der Waals surface area contributed by atoms with E-state index in [0.29, 0.717) is 0 Å². The van der Waals surface area contributed by atoms with Crippen molar-refractivity contribution >= 4 is 0 Å². The molecule has 2 aliphatic rings. The zero-order valence-electron chi connectivity index (χ0n) is 9.74. The van der Waals surface area contributed by atoms with Crippen LogP contribution in [0.5, 0.6) is 0 Å². The van der Waals surface area contributed by atoms with Crippen LogP contribution >= 0.6 is 0 Å². The van der Waals surface area contributed by atoms with Gasteiger partial charge in [-0.05, 0) is 0 Å². The molecule has 0 aromatic carbocycles. The minimum atomic E-state index is 0. The van der Waals surface area contributed by atoms with Gasteiger partial charge >= 0.3 is 0 Å². The van der Waals surface area contributed by atoms with E-state index in [1.54, 1.807) is 0 Å². The minimum absolute atomic E-state index is 0. The zero-order valence-corrected chi connectivity index (χ0v) is 11.3. The summed E-state index contributed by atoms with van der Waals surface area (Å²) in [7, 11) is 0. The van der Waals surface area contributed by atoms with Gasteiger partial charge in [0.05, 0.1) is 0 Å². The summed E-state index contributed by atoms with van der Waals surface area (Å²) in [6.45, 7) is 0. The quantitative estimate of drug-likeness (QED) is 0.562. The second-order valence-corrected chi connectivity index (χ2v) is 3.08. The SMILES string of the molecule is C1=C/C=C\C=C/C=C1.C1=C/C=C\C=C/C=C1.[Ti]. The molecule has 2 aliphatic carbocycles. The topological polar surface area (TPSA) is 0 Å². The van der Waals surface area contributed by atoms with Gasteiger partial charge in [-0.1, -0.05) is 97.2 Å². The molecule has 0 aromatic heterocycles. The van der Waals surface area contributed by atoms with Gasteiger partial charge in [-0.15, -0.1) is 0 Å². The summed E-state index contributed by atoms with van der Waals surface area (Å²) in [5.74, 6) is 0. The number of rotatable bonds is 0. The summed E-state index contributed by atoms with van der Waals surface area (Å²) in [6, 6.07) is 0. The molecule has 0 bridgehead atoms. The third-order valence-electron chi connectivity index (χ3n) is 1.78. The largest absolute Gasteiger partial charge is 0.0623 e. The van der Waals surface area contributed by atoms with E-state index < -0.39 is 0 Å². The van der Waals surface area contributed by atoms with Gasteiger partial charge in [0.15, 0.2) is 0 Å². The van der Waals surface area contributed by atoms with Gasteiger partial charge in [-0.2, -0.15) is 0 Å². The van der Waals surface area contributed by atoms with E-state index in [-0.39, 0.29) is 21.7 Å². The molecule has 1 heteroatoms. The maximum Gasteiger partial charge on any atom is 0 e. The van der Waals surface area contributed by atoms with Crippen LogP contribution < -0.4 is 0 Å². The van der Waals surface area contributed by atoms with Crippen molar-refractivity contribution in [3.8, 4) is 0 Å². The van der Waals surface area contributed by atoms with Crippen LogP contribution in [-0.4, -0.2) is 0 Å². The fourth-order valence-corrected chi connectivity index (χ4v) is 1.03. The predicted molar refractivity (Wildman–Crippen MR) is 73.1 cm³/mol. The molecule has 0 radical (unpaired) electrons. The van der Waals surface area contributed by atoms with Crippen molar-refractivity contribution in [2.75, 3.05) is 0 Å². The van der Waals surface area contributed by atoms with E-state index in [0.717, 1.165) is 0 Å². The molecule has 0 aromatic rings. The van der Waals surface area contributed by atoms with Crippen LogP contribution in [0.3, 0.4) is 0 Å². The van der Waals surface area contributed by atoms with Crippen LogP contribution in [0.15, 0.2) is 97.2 Å². The van der Waals surface area contributed by atoms with Crippen LogP contribution in [0.25, 0.3) is 0 Å². The molecule has 0 saturated carbocycles. The standard InChI is InChI=1S/2C8H8.Ti/c2*1-2-4-6-8-7-5-3-1;/h2*1-8H;/b2*2-1-,3-1?,4-2?,5-3-,6-4?,7-5?,8-6?,8-7?;. The van der Waals surface area contributed by atoms with E-state index in [2.05, 4.69) is 0 Å². The second-order valence-electron chi connectivity index (χ2n) is 3.08. The van der Waals surface area contributed by atoms with Gasteiger partial charge in [0.2, 0.25) is 0 Å². The minimum Gasteiger partial charge on any atom is -0.0623 e. The molecule has 0 amide bonds. The Morgan fingerprint density at radius 1 is 0.176 bits per heavy atom. The normalized spacial score (nSPS) is 22.6. The monoisotopic (exact) mass is 256 g/mol. The molecule has 0 spiro atoms. The second kappa shape index (κ2) is 12.7. The van der Waals surface area contributed by atoms with E-state index in [4.69, 9.17) is 0 Å². The Labute approximate surface area is 119 Å². The van der Waals surface area contributed by atoms with Gasteiger partial charge in [-0.3, -0.25) is 0 Å². The van der Waals surface area contributed by atoms with E-state index >= 15 is 0 Å². The Hall–Kier alpha value is -1.37. The predicted octanol–water partition coefficient (Wildman–Crippen LogP) is 4.45. The third kappa shape index (κ3) is 10.9. The Morgan fingerprint density at radius 3 is 0.294 bits per heavy atom. The van der Waals surface area contributed by atoms with Gasteiger partial charge in [0.25, 0.3) is 0 Å². The summed E-state index contributed by atoms with van der Waals surface area (Å²) in [4.78, 5) is 0. The molecule has 0 heterocycles. The molecule has 2 rings (SSSR count). The molecule has 0 nitrogen and oxygen atoms in total. The third-order valence-corrected chi connectivity index (χ3v) is 1.78. The number of hydrogen-bond donors (Lipinski definition) is 0. The Bertz CT molecular complexity index is 247. The molecule has 0 N–H and O–H groups in total. The van der Waals surface area contributed by atoms with E-state index in [1.165, 1.54) is 0 Å². The first-order valence-corrected chi connectivity index (χ1v) is 5.33. The average Bonchev–Trinajstić information content (AvgIpc) is 2.15. The fraction of sp³-hybridized carbons (Fsp3) is 0. The Morgan fingerprint density at radius 2 is 0.235 bits per heavy atom. The molecule has 0 fully saturated rings. The number of hydrogen-bond acceptors (Lipinski definition) is 0. The molecule has 0 unspecified atom stereocenters. The van der Waals surface area contributed by atoms with Crippen LogP contribution in [0, 0.1) is 0 Å². The van der Waals surface area contributed by atoms with Crippen LogP contribution in [0.4, 0.5) is 0 Å². The zero-order chi connectivity index (χ0) is 11.3. The molecule has 0 atom stereocenters. The van der Waals surface area contributed by atoms with E-state index in [1.807, 2.05) is 97.2 Å². The molecule has 84 valence electrons. The maximum absolute atomic E-state index is 2.00. The molecule has 17 heavy (non-hydrogen) atoms. The smallest absolute Gasteiger partial charge is 0 e. The van der Waals surface area contributed by atoms with Crippen molar-refractivity contribution in [3.05, 3.63) is 97.2 Å². The van der Waals surface area contributed by atoms with Gasteiger partial charge < -0.3 is 0 Å². The van der Waals surface area contributed by atoms with Crippen LogP contribution in [0.2, 0.25) is 0 Å². The van der Waals surface area contributed by atoms with Crippen molar-refractivity contribution < 1.29 is 21.7 Å². The van der Waals surface area contributed by atoms with Crippen molar-refractivity contribution in [1.82, 2.24) is 0 Å². The van der Waals surface area contributed by atoms with Crippen LogP contribution in [0.1, 0.15) is 0 Å². The van der Waals surface area contributed by atoms with Gasteiger partial charge in [0, 0.05) is 21.7 Å². The number of allylic oxidation sites excluding steroid dienone is 16. The summed E-state index contributed by atoms with van der Waals surface area (Å²) in [5, 5.41) is 0.